The Kier molecular flexibility index (Phi) is 7.87. The van der Waals surface area contributed by atoms with Crippen LogP contribution in [-0.4, -0.2) is 65.0 Å². The van der Waals surface area contributed by atoms with Crippen LogP contribution in [0.4, 0.5) is 0 Å². The van der Waals surface area contributed by atoms with Gasteiger partial charge in [0.1, 0.15) is 29.9 Å². The second-order valence-electron chi connectivity index (χ2n) is 12.1. The van der Waals surface area contributed by atoms with Crippen LogP contribution in [0.25, 0.3) is 0 Å². The number of carbonyl (C=O) groups excluding carboxylic acids is 4. The van der Waals surface area contributed by atoms with Gasteiger partial charge in [-0.15, -0.1) is 0 Å². The van der Waals surface area contributed by atoms with Gasteiger partial charge in [-0.1, -0.05) is 31.2 Å². The zero-order valence-electron chi connectivity index (χ0n) is 24.5. The minimum absolute atomic E-state index is 0.0894. The number of esters is 4. The van der Waals surface area contributed by atoms with E-state index in [0.29, 0.717) is 24.8 Å². The largest absolute Gasteiger partial charge is 0.462 e. The summed E-state index contributed by atoms with van der Waals surface area (Å²) in [5.41, 5.74) is -2.92. The molecule has 1 aromatic carbocycles. The van der Waals surface area contributed by atoms with E-state index in [9.17, 15) is 19.2 Å². The predicted molar refractivity (Wildman–Crippen MR) is 148 cm³/mol. The van der Waals surface area contributed by atoms with E-state index in [2.05, 4.69) is 4.98 Å². The minimum atomic E-state index is -1.42. The Labute approximate surface area is 245 Å². The summed E-state index contributed by atoms with van der Waals surface area (Å²) in [5.74, 6) is -2.94. The lowest BCUT2D eigenvalue weighted by Crippen LogP contribution is -2.74. The van der Waals surface area contributed by atoms with Gasteiger partial charge in [-0.3, -0.25) is 9.59 Å². The van der Waals surface area contributed by atoms with Gasteiger partial charge in [0, 0.05) is 26.0 Å². The van der Waals surface area contributed by atoms with Crippen LogP contribution in [0.2, 0.25) is 0 Å². The molecule has 1 spiro atoms. The maximum atomic E-state index is 13.7. The Morgan fingerprint density at radius 3 is 2.24 bits per heavy atom. The van der Waals surface area contributed by atoms with Gasteiger partial charge in [-0.2, -0.15) is 0 Å². The van der Waals surface area contributed by atoms with Gasteiger partial charge in [0.2, 0.25) is 0 Å². The Morgan fingerprint density at radius 2 is 1.60 bits per heavy atom. The van der Waals surface area contributed by atoms with Crippen molar-refractivity contribution in [2.45, 2.75) is 83.4 Å². The standard InChI is InChI=1S/C32H37NO9/c1-19-14-15-25(39-20(2)34)31(18-38-29(37)24-13-9-10-16-33-24)27(41-28(36)22-11-7-6-8-12-22)26(40-21(3)35)23-17-32(19,31)42-30(23,4)5/h6-13,16,19,23,25-27H,14-15,17-18H2,1-5H3/t19-,23+,25+,26-,27-,31+,32-/m1/s1. The van der Waals surface area contributed by atoms with Gasteiger partial charge in [-0.25, -0.2) is 14.6 Å². The van der Waals surface area contributed by atoms with Crippen LogP contribution in [0.15, 0.2) is 54.7 Å². The van der Waals surface area contributed by atoms with E-state index < -0.39 is 58.8 Å². The normalized spacial score (nSPS) is 32.6. The summed E-state index contributed by atoms with van der Waals surface area (Å²) in [7, 11) is 0. The summed E-state index contributed by atoms with van der Waals surface area (Å²) in [4.78, 5) is 56.2. The Morgan fingerprint density at radius 1 is 0.905 bits per heavy atom. The number of carbonyl (C=O) groups is 4. The molecular formula is C32H37NO9. The number of fused-ring (bicyclic) bond motifs is 1. The number of ether oxygens (including phenoxy) is 5. The maximum absolute atomic E-state index is 13.7. The van der Waals surface area contributed by atoms with Crippen LogP contribution in [0.5, 0.6) is 0 Å². The first-order valence-corrected chi connectivity index (χ1v) is 14.3. The topological polar surface area (TPSA) is 127 Å². The molecule has 3 fully saturated rings. The van der Waals surface area contributed by atoms with Crippen LogP contribution in [0.1, 0.15) is 74.7 Å². The van der Waals surface area contributed by atoms with Crippen molar-refractivity contribution in [2.24, 2.45) is 17.3 Å². The Bertz CT molecular complexity index is 1350. The van der Waals surface area contributed by atoms with E-state index in [-0.39, 0.29) is 24.1 Å². The maximum Gasteiger partial charge on any atom is 0.356 e. The summed E-state index contributed by atoms with van der Waals surface area (Å²) in [6.07, 6.45) is -0.105. The van der Waals surface area contributed by atoms with Crippen molar-refractivity contribution in [3.05, 3.63) is 66.0 Å². The first-order chi connectivity index (χ1) is 19.9. The van der Waals surface area contributed by atoms with Crippen LogP contribution in [0, 0.1) is 17.3 Å². The SMILES string of the molecule is CC(=O)O[C@H]1[C@@H](OC(=O)c2ccccc2)[C@]2(COC(=O)c3ccccn3)[C@@H](OC(C)=O)CC[C@@H](C)[C@]23C[C@@H]1C(C)(C)O3. The number of rotatable bonds is 7. The zero-order valence-corrected chi connectivity index (χ0v) is 24.5. The van der Waals surface area contributed by atoms with Gasteiger partial charge < -0.3 is 23.7 Å². The Hall–Kier alpha value is -3.79. The summed E-state index contributed by atoms with van der Waals surface area (Å²) in [6, 6.07) is 13.3. The monoisotopic (exact) mass is 579 g/mol. The van der Waals surface area contributed by atoms with Gasteiger partial charge in [0.25, 0.3) is 0 Å². The van der Waals surface area contributed by atoms with Crippen molar-refractivity contribution in [1.82, 2.24) is 4.98 Å². The van der Waals surface area contributed by atoms with Crippen molar-refractivity contribution in [2.75, 3.05) is 6.61 Å². The molecular weight excluding hydrogens is 542 g/mol. The number of pyridine rings is 1. The zero-order chi connectivity index (χ0) is 30.3. The van der Waals surface area contributed by atoms with Gasteiger partial charge >= 0.3 is 23.9 Å². The van der Waals surface area contributed by atoms with E-state index in [4.69, 9.17) is 23.7 Å². The molecule has 10 nitrogen and oxygen atoms in total. The molecule has 1 aliphatic heterocycles. The van der Waals surface area contributed by atoms with E-state index in [1.807, 2.05) is 20.8 Å². The smallest absolute Gasteiger partial charge is 0.356 e. The van der Waals surface area contributed by atoms with Crippen molar-refractivity contribution < 1.29 is 42.9 Å². The molecule has 2 bridgehead atoms. The summed E-state index contributed by atoms with van der Waals surface area (Å²) in [6.45, 7) is 8.13. The van der Waals surface area contributed by atoms with Crippen LogP contribution < -0.4 is 0 Å². The quantitative estimate of drug-likeness (QED) is 0.346. The number of aromatic nitrogens is 1. The van der Waals surface area contributed by atoms with Crippen molar-refractivity contribution in [3.63, 3.8) is 0 Å². The van der Waals surface area contributed by atoms with E-state index in [1.54, 1.807) is 42.5 Å². The third kappa shape index (κ3) is 4.95. The fourth-order valence-electron chi connectivity index (χ4n) is 7.48. The summed E-state index contributed by atoms with van der Waals surface area (Å²) in [5, 5.41) is 0. The van der Waals surface area contributed by atoms with Crippen LogP contribution in [-0.2, 0) is 33.3 Å². The second-order valence-corrected chi connectivity index (χ2v) is 12.1. The molecule has 1 aromatic heterocycles. The van der Waals surface area contributed by atoms with Crippen LogP contribution in [0.3, 0.4) is 0 Å². The van der Waals surface area contributed by atoms with Crippen molar-refractivity contribution in [3.8, 4) is 0 Å². The highest BCUT2D eigenvalue weighted by Gasteiger charge is 2.79. The van der Waals surface area contributed by atoms with E-state index in [0.717, 1.165) is 0 Å². The number of benzene rings is 1. The molecule has 0 radical (unpaired) electrons. The van der Waals surface area contributed by atoms with Crippen LogP contribution >= 0.6 is 0 Å². The Balaban J connectivity index is 1.70. The highest BCUT2D eigenvalue weighted by Crippen LogP contribution is 2.67. The summed E-state index contributed by atoms with van der Waals surface area (Å²) >= 11 is 0. The first-order valence-electron chi connectivity index (χ1n) is 14.3. The van der Waals surface area contributed by atoms with Crippen molar-refractivity contribution in [1.29, 1.82) is 0 Å². The van der Waals surface area contributed by atoms with Gasteiger partial charge in [0.15, 0.2) is 6.10 Å². The second kappa shape index (κ2) is 11.1. The fraction of sp³-hybridized carbons (Fsp3) is 0.531. The molecule has 0 N–H and O–H groups in total. The lowest BCUT2D eigenvalue weighted by Gasteiger charge is -2.61. The molecule has 5 rings (SSSR count). The average Bonchev–Trinajstić information content (AvgIpc) is 3.22. The van der Waals surface area contributed by atoms with Gasteiger partial charge in [0.05, 0.1) is 16.8 Å². The molecule has 1 saturated heterocycles. The molecule has 224 valence electrons. The molecule has 2 aromatic rings. The molecule has 7 atom stereocenters. The molecule has 0 unspecified atom stereocenters. The average molecular weight is 580 g/mol. The number of nitrogens with zero attached hydrogens (tertiary/aromatic N) is 1. The molecule has 3 aliphatic rings. The summed E-state index contributed by atoms with van der Waals surface area (Å²) < 4.78 is 31.2. The number of hydrogen-bond acceptors (Lipinski definition) is 10. The molecule has 2 heterocycles. The minimum Gasteiger partial charge on any atom is -0.462 e. The highest BCUT2D eigenvalue weighted by atomic mass is 16.6. The molecule has 0 amide bonds. The number of hydrogen-bond donors (Lipinski definition) is 0. The van der Waals surface area contributed by atoms with E-state index >= 15 is 0 Å². The lowest BCUT2D eigenvalue weighted by atomic mass is 9.49. The fourth-order valence-corrected chi connectivity index (χ4v) is 7.48. The first kappa shape index (κ1) is 29.7. The molecule has 2 saturated carbocycles. The molecule has 2 aliphatic carbocycles. The molecule has 10 heteroatoms. The third-order valence-electron chi connectivity index (χ3n) is 9.25. The predicted octanol–water partition coefficient (Wildman–Crippen LogP) is 4.31. The van der Waals surface area contributed by atoms with E-state index in [1.165, 1.54) is 26.1 Å². The molecule has 42 heavy (non-hydrogen) atoms. The van der Waals surface area contributed by atoms with Gasteiger partial charge in [-0.05, 0) is 63.3 Å². The third-order valence-corrected chi connectivity index (χ3v) is 9.25. The van der Waals surface area contributed by atoms with Crippen molar-refractivity contribution >= 4 is 23.9 Å². The highest BCUT2D eigenvalue weighted by molar-refractivity contribution is 5.89. The lowest BCUT2D eigenvalue weighted by molar-refractivity contribution is -0.286.